The highest BCUT2D eigenvalue weighted by atomic mass is 35.5. The van der Waals surface area contributed by atoms with E-state index in [1.807, 2.05) is 6.92 Å². The molecule has 1 aliphatic rings. The number of aliphatic imine (C=N–C) groups is 1. The van der Waals surface area contributed by atoms with E-state index in [1.165, 1.54) is 23.1 Å². The van der Waals surface area contributed by atoms with Gasteiger partial charge in [0.2, 0.25) is 0 Å². The number of amidine groups is 1. The zero-order chi connectivity index (χ0) is 20.4. The number of carbonyl (C=O) groups excluding carboxylic acids is 1. The average molecular weight is 437 g/mol. The van der Waals surface area contributed by atoms with Crippen LogP contribution in [0.5, 0.6) is 5.75 Å². The highest BCUT2D eigenvalue weighted by molar-refractivity contribution is 8.18. The molecule has 1 amide bonds. The Kier molecular flexibility index (Phi) is 5.98. The van der Waals surface area contributed by atoms with Crippen molar-refractivity contribution in [3.8, 4) is 5.75 Å². The molecule has 28 heavy (non-hydrogen) atoms. The van der Waals surface area contributed by atoms with Crippen LogP contribution in [-0.4, -0.2) is 38.7 Å². The molecule has 1 saturated heterocycles. The average Bonchev–Trinajstić information content (AvgIpc) is 2.92. The van der Waals surface area contributed by atoms with Gasteiger partial charge < -0.3 is 10.2 Å². The minimum atomic E-state index is -1.24. The van der Waals surface area contributed by atoms with E-state index in [0.29, 0.717) is 37.9 Å². The van der Waals surface area contributed by atoms with Gasteiger partial charge in [-0.25, -0.2) is 9.79 Å². The topological polar surface area (TPSA) is 90.2 Å². The van der Waals surface area contributed by atoms with E-state index in [4.69, 9.17) is 28.3 Å². The van der Waals surface area contributed by atoms with Crippen LogP contribution in [0.1, 0.15) is 22.8 Å². The molecule has 0 aromatic heterocycles. The van der Waals surface area contributed by atoms with E-state index >= 15 is 0 Å². The summed E-state index contributed by atoms with van der Waals surface area (Å²) in [4.78, 5) is 30.0. The van der Waals surface area contributed by atoms with Gasteiger partial charge in [0.25, 0.3) is 5.91 Å². The van der Waals surface area contributed by atoms with Gasteiger partial charge in [0, 0.05) is 28.2 Å². The standard InChI is InChI=1S/C19H14Cl2N2O4S/c1-2-23-17(25)16(9-12-13(20)4-3-5-14(12)21)28-19(23)22-10-6-7-11(18(26)27)15(24)8-10/h3-9,24H,2H2,1H3,(H,26,27)/b16-9-,22-19?. The van der Waals surface area contributed by atoms with Gasteiger partial charge >= 0.3 is 5.97 Å². The van der Waals surface area contributed by atoms with Crippen molar-refractivity contribution < 1.29 is 19.8 Å². The number of aromatic hydroxyl groups is 1. The summed E-state index contributed by atoms with van der Waals surface area (Å²) < 4.78 is 0. The van der Waals surface area contributed by atoms with E-state index in [2.05, 4.69) is 4.99 Å². The molecule has 0 spiro atoms. The summed E-state index contributed by atoms with van der Waals surface area (Å²) in [7, 11) is 0. The van der Waals surface area contributed by atoms with Crippen molar-refractivity contribution in [2.45, 2.75) is 6.92 Å². The van der Waals surface area contributed by atoms with E-state index < -0.39 is 11.7 Å². The molecule has 0 radical (unpaired) electrons. The molecular formula is C19H14Cl2N2O4S. The number of rotatable bonds is 4. The molecule has 0 atom stereocenters. The van der Waals surface area contributed by atoms with Crippen molar-refractivity contribution in [3.05, 3.63) is 62.5 Å². The van der Waals surface area contributed by atoms with Crippen molar-refractivity contribution in [1.29, 1.82) is 0 Å². The molecule has 0 aliphatic carbocycles. The molecule has 6 nitrogen and oxygen atoms in total. The summed E-state index contributed by atoms with van der Waals surface area (Å²) in [5.41, 5.74) is 0.649. The van der Waals surface area contributed by atoms with Gasteiger partial charge in [0.05, 0.1) is 10.6 Å². The van der Waals surface area contributed by atoms with Crippen LogP contribution in [0.15, 0.2) is 46.3 Å². The number of carboxylic acid groups (broad SMARTS) is 1. The minimum absolute atomic E-state index is 0.222. The van der Waals surface area contributed by atoms with Crippen LogP contribution in [0.25, 0.3) is 6.08 Å². The molecule has 2 aromatic rings. The fourth-order valence-electron chi connectivity index (χ4n) is 2.53. The zero-order valence-corrected chi connectivity index (χ0v) is 16.8. The van der Waals surface area contributed by atoms with Gasteiger partial charge in [-0.1, -0.05) is 29.3 Å². The number of thioether (sulfide) groups is 1. The van der Waals surface area contributed by atoms with E-state index in [9.17, 15) is 14.7 Å². The van der Waals surface area contributed by atoms with Crippen molar-refractivity contribution in [1.82, 2.24) is 4.90 Å². The lowest BCUT2D eigenvalue weighted by Crippen LogP contribution is -2.28. The molecule has 1 aliphatic heterocycles. The highest BCUT2D eigenvalue weighted by Gasteiger charge is 2.32. The number of nitrogens with zero attached hydrogens (tertiary/aromatic N) is 2. The number of phenols is 1. The van der Waals surface area contributed by atoms with Gasteiger partial charge in [-0.15, -0.1) is 0 Å². The van der Waals surface area contributed by atoms with E-state index in [-0.39, 0.29) is 11.5 Å². The lowest BCUT2D eigenvalue weighted by atomic mass is 10.2. The summed E-state index contributed by atoms with van der Waals surface area (Å²) in [6, 6.07) is 9.04. The third kappa shape index (κ3) is 4.01. The number of carbonyl (C=O) groups is 2. The zero-order valence-electron chi connectivity index (χ0n) is 14.5. The predicted molar refractivity (Wildman–Crippen MR) is 112 cm³/mol. The van der Waals surface area contributed by atoms with Crippen LogP contribution in [0.3, 0.4) is 0 Å². The van der Waals surface area contributed by atoms with Gasteiger partial charge in [0.1, 0.15) is 11.3 Å². The first-order valence-electron chi connectivity index (χ1n) is 8.12. The Morgan fingerprint density at radius 2 is 1.93 bits per heavy atom. The van der Waals surface area contributed by atoms with Crippen LogP contribution in [0.2, 0.25) is 10.0 Å². The summed E-state index contributed by atoms with van der Waals surface area (Å²) in [5, 5.41) is 20.1. The normalized spacial score (nSPS) is 17.0. The smallest absolute Gasteiger partial charge is 0.339 e. The monoisotopic (exact) mass is 436 g/mol. The Morgan fingerprint density at radius 1 is 1.25 bits per heavy atom. The van der Waals surface area contributed by atoms with E-state index in [1.54, 1.807) is 24.3 Å². The fraction of sp³-hybridized carbons (Fsp3) is 0.105. The van der Waals surface area contributed by atoms with Crippen LogP contribution in [-0.2, 0) is 4.79 Å². The molecule has 3 rings (SSSR count). The summed E-state index contributed by atoms with van der Waals surface area (Å²) in [5.74, 6) is -1.88. The van der Waals surface area contributed by atoms with Crippen LogP contribution < -0.4 is 0 Å². The molecule has 144 valence electrons. The summed E-state index contributed by atoms with van der Waals surface area (Å²) in [6.07, 6.45) is 1.62. The van der Waals surface area contributed by atoms with Crippen molar-refractivity contribution >= 4 is 63.8 Å². The van der Waals surface area contributed by atoms with Crippen molar-refractivity contribution in [2.75, 3.05) is 6.54 Å². The molecule has 1 fully saturated rings. The maximum atomic E-state index is 12.7. The van der Waals surface area contributed by atoms with Crippen LogP contribution >= 0.6 is 35.0 Å². The second-order valence-corrected chi connectivity index (χ2v) is 7.52. The first-order valence-corrected chi connectivity index (χ1v) is 9.69. The number of aromatic carboxylic acids is 1. The second kappa shape index (κ2) is 8.26. The molecule has 9 heteroatoms. The third-order valence-electron chi connectivity index (χ3n) is 3.92. The van der Waals surface area contributed by atoms with Crippen LogP contribution in [0.4, 0.5) is 5.69 Å². The third-order valence-corrected chi connectivity index (χ3v) is 5.58. The van der Waals surface area contributed by atoms with Gasteiger partial charge in [-0.05, 0) is 49.0 Å². The molecule has 1 heterocycles. The lowest BCUT2D eigenvalue weighted by molar-refractivity contribution is -0.122. The van der Waals surface area contributed by atoms with Gasteiger partial charge in [-0.2, -0.15) is 0 Å². The molecule has 0 saturated carbocycles. The molecule has 0 bridgehead atoms. The fourth-order valence-corrected chi connectivity index (χ4v) is 4.08. The number of likely N-dealkylation sites (N-methyl/N-ethyl adjacent to an activating group) is 1. The maximum absolute atomic E-state index is 12.7. The Balaban J connectivity index is 1.98. The number of benzene rings is 2. The Bertz CT molecular complexity index is 1020. The first kappa shape index (κ1) is 20.3. The van der Waals surface area contributed by atoms with Gasteiger partial charge in [0.15, 0.2) is 5.17 Å². The predicted octanol–water partition coefficient (Wildman–Crippen LogP) is 5.02. The molecule has 2 aromatic carbocycles. The Morgan fingerprint density at radius 3 is 2.50 bits per heavy atom. The lowest BCUT2D eigenvalue weighted by Gasteiger charge is -2.12. The SMILES string of the molecule is CCN1C(=O)/C(=C/c2c(Cl)cccc2Cl)SC1=Nc1ccc(C(=O)O)c(O)c1. The number of hydrogen-bond donors (Lipinski definition) is 2. The number of halogens is 2. The Hall–Kier alpha value is -2.48. The molecule has 2 N–H and O–H groups in total. The number of hydrogen-bond acceptors (Lipinski definition) is 5. The number of amides is 1. The van der Waals surface area contributed by atoms with Crippen LogP contribution in [0, 0.1) is 0 Å². The quantitative estimate of drug-likeness (QED) is 0.656. The largest absolute Gasteiger partial charge is 0.507 e. The Labute approximate surface area is 175 Å². The second-order valence-electron chi connectivity index (χ2n) is 5.70. The van der Waals surface area contributed by atoms with Crippen molar-refractivity contribution in [3.63, 3.8) is 0 Å². The number of carboxylic acids is 1. The maximum Gasteiger partial charge on any atom is 0.339 e. The van der Waals surface area contributed by atoms with Gasteiger partial charge in [-0.3, -0.25) is 9.69 Å². The first-order chi connectivity index (χ1) is 13.3. The minimum Gasteiger partial charge on any atom is -0.507 e. The summed E-state index contributed by atoms with van der Waals surface area (Å²) in [6.45, 7) is 2.20. The summed E-state index contributed by atoms with van der Waals surface area (Å²) >= 11 is 13.5. The highest BCUT2D eigenvalue weighted by Crippen LogP contribution is 2.37. The van der Waals surface area contributed by atoms with Crippen molar-refractivity contribution in [2.24, 2.45) is 4.99 Å². The molecular weight excluding hydrogens is 423 g/mol. The molecule has 0 unspecified atom stereocenters. The van der Waals surface area contributed by atoms with E-state index in [0.717, 1.165) is 11.8 Å².